The Morgan fingerprint density at radius 1 is 1.56 bits per heavy atom. The van der Waals surface area contributed by atoms with Gasteiger partial charge in [-0.1, -0.05) is 6.42 Å². The van der Waals surface area contributed by atoms with E-state index in [1.54, 1.807) is 5.01 Å². The zero-order valence-corrected chi connectivity index (χ0v) is 10.1. The Balaban J connectivity index is 1.91. The Kier molecular flexibility index (Phi) is 3.74. The second-order valence-corrected chi connectivity index (χ2v) is 4.70. The lowest BCUT2D eigenvalue weighted by molar-refractivity contribution is 0.189. The van der Waals surface area contributed by atoms with Crippen molar-refractivity contribution in [3.05, 3.63) is 11.1 Å². The first-order valence-electron chi connectivity index (χ1n) is 5.50. The van der Waals surface area contributed by atoms with E-state index < -0.39 is 0 Å². The first-order chi connectivity index (χ1) is 7.75. The number of hydrazine groups is 1. The van der Waals surface area contributed by atoms with Crippen LogP contribution in [0.1, 0.15) is 25.0 Å². The molecule has 1 aliphatic heterocycles. The van der Waals surface area contributed by atoms with Crippen LogP contribution < -0.4 is 10.7 Å². The summed E-state index contributed by atoms with van der Waals surface area (Å²) in [4.78, 5) is 16.0. The highest BCUT2D eigenvalue weighted by molar-refractivity contribution is 7.13. The van der Waals surface area contributed by atoms with Gasteiger partial charge >= 0.3 is 6.03 Å². The van der Waals surface area contributed by atoms with Crippen LogP contribution in [0.4, 0.5) is 9.93 Å². The molecule has 0 radical (unpaired) electrons. The number of rotatable bonds is 1. The highest BCUT2D eigenvalue weighted by Gasteiger charge is 2.15. The summed E-state index contributed by atoms with van der Waals surface area (Å²) in [7, 11) is 0. The van der Waals surface area contributed by atoms with E-state index in [4.69, 9.17) is 0 Å². The monoisotopic (exact) mass is 240 g/mol. The van der Waals surface area contributed by atoms with Crippen molar-refractivity contribution in [2.24, 2.45) is 0 Å². The summed E-state index contributed by atoms with van der Waals surface area (Å²) < 4.78 is 0. The lowest BCUT2D eigenvalue weighted by atomic mass is 10.2. The molecule has 16 heavy (non-hydrogen) atoms. The number of hydrogen-bond acceptors (Lipinski definition) is 4. The van der Waals surface area contributed by atoms with E-state index in [2.05, 4.69) is 15.7 Å². The number of urea groups is 1. The van der Waals surface area contributed by atoms with Gasteiger partial charge in [-0.2, -0.15) is 0 Å². The Bertz CT molecular complexity index is 357. The molecule has 1 aromatic heterocycles. The van der Waals surface area contributed by atoms with Gasteiger partial charge < -0.3 is 0 Å². The van der Waals surface area contributed by atoms with E-state index in [-0.39, 0.29) is 6.03 Å². The fourth-order valence-electron chi connectivity index (χ4n) is 1.61. The van der Waals surface area contributed by atoms with Gasteiger partial charge in [-0.05, 0) is 19.8 Å². The minimum Gasteiger partial charge on any atom is -0.282 e. The Morgan fingerprint density at radius 2 is 2.44 bits per heavy atom. The molecule has 0 aromatic carbocycles. The van der Waals surface area contributed by atoms with Crippen molar-refractivity contribution in [3.63, 3.8) is 0 Å². The molecule has 5 nitrogen and oxygen atoms in total. The summed E-state index contributed by atoms with van der Waals surface area (Å²) in [5.41, 5.74) is 4.04. The number of hydrogen-bond donors (Lipinski definition) is 2. The third kappa shape index (κ3) is 2.93. The number of nitrogens with zero attached hydrogens (tertiary/aromatic N) is 2. The maximum atomic E-state index is 11.8. The molecule has 2 rings (SSSR count). The second-order valence-electron chi connectivity index (χ2n) is 3.84. The van der Waals surface area contributed by atoms with E-state index in [1.807, 2.05) is 12.3 Å². The van der Waals surface area contributed by atoms with Gasteiger partial charge in [0.05, 0.1) is 5.69 Å². The number of carbonyl (C=O) groups is 1. The highest BCUT2D eigenvalue weighted by Crippen LogP contribution is 2.15. The molecule has 0 aliphatic carbocycles. The van der Waals surface area contributed by atoms with E-state index >= 15 is 0 Å². The zero-order chi connectivity index (χ0) is 11.4. The average molecular weight is 240 g/mol. The fourth-order valence-corrected chi connectivity index (χ4v) is 2.29. The second kappa shape index (κ2) is 5.27. The van der Waals surface area contributed by atoms with Crippen molar-refractivity contribution in [2.45, 2.75) is 26.2 Å². The van der Waals surface area contributed by atoms with Crippen LogP contribution in [0.3, 0.4) is 0 Å². The Labute approximate surface area is 98.8 Å². The Hall–Kier alpha value is -1.14. The van der Waals surface area contributed by atoms with Crippen LogP contribution in [0, 0.1) is 6.92 Å². The molecule has 88 valence electrons. The molecule has 2 amide bonds. The number of carbonyl (C=O) groups excluding carboxylic acids is 1. The molecule has 0 saturated carbocycles. The van der Waals surface area contributed by atoms with Gasteiger partial charge in [0.1, 0.15) is 0 Å². The minimum atomic E-state index is -0.115. The SMILES string of the molecule is Cc1csc(NC(=O)N2CCCCCN2)n1. The summed E-state index contributed by atoms with van der Waals surface area (Å²) in [6.07, 6.45) is 3.35. The molecular weight excluding hydrogens is 224 g/mol. The van der Waals surface area contributed by atoms with Gasteiger partial charge in [0.2, 0.25) is 0 Å². The fraction of sp³-hybridized carbons (Fsp3) is 0.600. The molecule has 1 aliphatic rings. The summed E-state index contributed by atoms with van der Waals surface area (Å²) >= 11 is 1.45. The molecule has 1 fully saturated rings. The van der Waals surface area contributed by atoms with Crippen LogP contribution >= 0.6 is 11.3 Å². The lowest BCUT2D eigenvalue weighted by Crippen LogP contribution is -2.44. The minimum absolute atomic E-state index is 0.115. The molecule has 0 unspecified atom stereocenters. The third-order valence-corrected chi connectivity index (χ3v) is 3.31. The van der Waals surface area contributed by atoms with E-state index in [0.717, 1.165) is 31.6 Å². The van der Waals surface area contributed by atoms with Crippen molar-refractivity contribution >= 4 is 22.5 Å². The van der Waals surface area contributed by atoms with Crippen LogP contribution in [0.25, 0.3) is 0 Å². The maximum Gasteiger partial charge on any atom is 0.337 e. The van der Waals surface area contributed by atoms with Crippen molar-refractivity contribution in [1.82, 2.24) is 15.4 Å². The summed E-state index contributed by atoms with van der Waals surface area (Å²) in [6.45, 7) is 3.54. The van der Waals surface area contributed by atoms with Gasteiger partial charge in [0.15, 0.2) is 5.13 Å². The molecule has 0 bridgehead atoms. The number of anilines is 1. The van der Waals surface area contributed by atoms with Crippen molar-refractivity contribution < 1.29 is 4.79 Å². The van der Waals surface area contributed by atoms with E-state index in [0.29, 0.717) is 5.13 Å². The first-order valence-corrected chi connectivity index (χ1v) is 6.38. The lowest BCUT2D eigenvalue weighted by Gasteiger charge is -2.20. The number of thiazole rings is 1. The van der Waals surface area contributed by atoms with Gasteiger partial charge in [-0.15, -0.1) is 11.3 Å². The molecular formula is C10H16N4OS. The van der Waals surface area contributed by atoms with Gasteiger partial charge in [0.25, 0.3) is 0 Å². The quantitative estimate of drug-likeness (QED) is 0.789. The van der Waals surface area contributed by atoms with Gasteiger partial charge in [-0.25, -0.2) is 15.2 Å². The smallest absolute Gasteiger partial charge is 0.282 e. The van der Waals surface area contributed by atoms with Crippen LogP contribution in [-0.4, -0.2) is 29.1 Å². The Morgan fingerprint density at radius 3 is 3.19 bits per heavy atom. The standard InChI is InChI=1S/C10H16N4OS/c1-8-7-16-9(12-8)13-10(15)14-6-4-2-3-5-11-14/h7,11H,2-6H2,1H3,(H,12,13,15). The first kappa shape index (κ1) is 11.3. The van der Waals surface area contributed by atoms with Crippen molar-refractivity contribution in [2.75, 3.05) is 18.4 Å². The summed E-state index contributed by atoms with van der Waals surface area (Å²) in [6, 6.07) is -0.115. The number of aromatic nitrogens is 1. The third-order valence-electron chi connectivity index (χ3n) is 2.44. The molecule has 1 saturated heterocycles. The number of amides is 2. The van der Waals surface area contributed by atoms with Crippen LogP contribution in [0.15, 0.2) is 5.38 Å². The molecule has 2 heterocycles. The molecule has 6 heteroatoms. The predicted octanol–water partition coefficient (Wildman–Crippen LogP) is 1.97. The summed E-state index contributed by atoms with van der Waals surface area (Å²) in [5, 5.41) is 7.02. The molecule has 1 aromatic rings. The molecule has 0 atom stereocenters. The van der Waals surface area contributed by atoms with E-state index in [1.165, 1.54) is 17.8 Å². The highest BCUT2D eigenvalue weighted by atomic mass is 32.1. The number of aryl methyl sites for hydroxylation is 1. The van der Waals surface area contributed by atoms with Gasteiger partial charge in [-0.3, -0.25) is 10.3 Å². The predicted molar refractivity (Wildman–Crippen MR) is 64.4 cm³/mol. The summed E-state index contributed by atoms with van der Waals surface area (Å²) in [5.74, 6) is 0. The van der Waals surface area contributed by atoms with Crippen molar-refractivity contribution in [1.29, 1.82) is 0 Å². The van der Waals surface area contributed by atoms with Gasteiger partial charge in [0, 0.05) is 18.5 Å². The van der Waals surface area contributed by atoms with Crippen LogP contribution in [-0.2, 0) is 0 Å². The van der Waals surface area contributed by atoms with Crippen LogP contribution in [0.5, 0.6) is 0 Å². The normalized spacial score (nSPS) is 16.9. The van der Waals surface area contributed by atoms with Crippen molar-refractivity contribution in [3.8, 4) is 0 Å². The molecule has 0 spiro atoms. The molecule has 2 N–H and O–H groups in total. The number of nitrogens with one attached hydrogen (secondary N) is 2. The maximum absolute atomic E-state index is 11.8. The topological polar surface area (TPSA) is 57.3 Å². The zero-order valence-electron chi connectivity index (χ0n) is 9.32. The largest absolute Gasteiger partial charge is 0.337 e. The average Bonchev–Trinajstić information content (AvgIpc) is 2.56. The van der Waals surface area contributed by atoms with Crippen LogP contribution in [0.2, 0.25) is 0 Å². The van der Waals surface area contributed by atoms with E-state index in [9.17, 15) is 4.79 Å².